The molecule has 0 amide bonds. The van der Waals surface area contributed by atoms with Gasteiger partial charge in [0.05, 0.1) is 5.69 Å². The maximum absolute atomic E-state index is 4.41. The molecule has 0 aliphatic rings. The molecule has 0 spiro atoms. The zero-order valence-corrected chi connectivity index (χ0v) is 9.31. The minimum absolute atomic E-state index is 0.475. The first kappa shape index (κ1) is 9.90. The van der Waals surface area contributed by atoms with Crippen LogP contribution in [0.5, 0.6) is 0 Å². The van der Waals surface area contributed by atoms with Crippen LogP contribution < -0.4 is 0 Å². The van der Waals surface area contributed by atoms with Gasteiger partial charge in [-0.2, -0.15) is 5.10 Å². The highest BCUT2D eigenvalue weighted by Crippen LogP contribution is 2.18. The number of aromatic nitrogens is 3. The summed E-state index contributed by atoms with van der Waals surface area (Å²) in [4.78, 5) is 4.41. The monoisotopic (exact) mass is 201 g/mol. The highest BCUT2D eigenvalue weighted by molar-refractivity contribution is 5.57. The summed E-state index contributed by atoms with van der Waals surface area (Å²) in [5.41, 5.74) is 3.16. The summed E-state index contributed by atoms with van der Waals surface area (Å²) in [7, 11) is 1.92. The van der Waals surface area contributed by atoms with Gasteiger partial charge >= 0.3 is 0 Å². The molecular formula is C12H15N3. The Bertz CT molecular complexity index is 440. The predicted octanol–water partition coefficient (Wildman–Crippen LogP) is 2.61. The SMILES string of the molecule is CC(C)c1ccc(-c2ccn(C)n2)cn1. The lowest BCUT2D eigenvalue weighted by molar-refractivity contribution is 0.770. The summed E-state index contributed by atoms with van der Waals surface area (Å²) in [5.74, 6) is 0.475. The van der Waals surface area contributed by atoms with E-state index in [4.69, 9.17) is 0 Å². The lowest BCUT2D eigenvalue weighted by Crippen LogP contribution is -1.92. The molecule has 0 bridgehead atoms. The summed E-state index contributed by atoms with van der Waals surface area (Å²) in [6.07, 6.45) is 3.82. The maximum atomic E-state index is 4.41. The third kappa shape index (κ3) is 2.06. The van der Waals surface area contributed by atoms with E-state index in [0.717, 1.165) is 17.0 Å². The van der Waals surface area contributed by atoms with Crippen molar-refractivity contribution in [1.29, 1.82) is 0 Å². The fourth-order valence-electron chi connectivity index (χ4n) is 1.47. The van der Waals surface area contributed by atoms with Crippen LogP contribution in [0.25, 0.3) is 11.3 Å². The van der Waals surface area contributed by atoms with Crippen LogP contribution in [0.2, 0.25) is 0 Å². The van der Waals surface area contributed by atoms with Crippen LogP contribution in [0.3, 0.4) is 0 Å². The van der Waals surface area contributed by atoms with Crippen molar-refractivity contribution in [3.63, 3.8) is 0 Å². The first-order valence-corrected chi connectivity index (χ1v) is 5.13. The molecule has 0 saturated heterocycles. The number of hydrogen-bond acceptors (Lipinski definition) is 2. The molecule has 0 aromatic carbocycles. The zero-order chi connectivity index (χ0) is 10.8. The molecule has 2 aromatic heterocycles. The number of rotatable bonds is 2. The van der Waals surface area contributed by atoms with Crippen LogP contribution in [0, 0.1) is 0 Å². The summed E-state index contributed by atoms with van der Waals surface area (Å²) >= 11 is 0. The smallest absolute Gasteiger partial charge is 0.0938 e. The molecule has 2 rings (SSSR count). The van der Waals surface area contributed by atoms with E-state index in [-0.39, 0.29) is 0 Å². The lowest BCUT2D eigenvalue weighted by Gasteiger charge is -2.04. The molecule has 0 N–H and O–H groups in total. The average molecular weight is 201 g/mol. The second-order valence-electron chi connectivity index (χ2n) is 4.00. The number of aryl methyl sites for hydroxylation is 1. The van der Waals surface area contributed by atoms with Gasteiger partial charge in [0.25, 0.3) is 0 Å². The van der Waals surface area contributed by atoms with Crippen LogP contribution in [-0.4, -0.2) is 14.8 Å². The second-order valence-corrected chi connectivity index (χ2v) is 4.00. The van der Waals surface area contributed by atoms with Gasteiger partial charge in [0.1, 0.15) is 0 Å². The molecule has 78 valence electrons. The van der Waals surface area contributed by atoms with E-state index in [2.05, 4.69) is 36.1 Å². The van der Waals surface area contributed by atoms with Crippen molar-refractivity contribution in [3.05, 3.63) is 36.3 Å². The van der Waals surface area contributed by atoms with Gasteiger partial charge < -0.3 is 0 Å². The van der Waals surface area contributed by atoms with Gasteiger partial charge in [-0.15, -0.1) is 0 Å². The van der Waals surface area contributed by atoms with E-state index in [9.17, 15) is 0 Å². The van der Waals surface area contributed by atoms with Gasteiger partial charge in [-0.1, -0.05) is 13.8 Å². The Morgan fingerprint density at radius 1 is 1.20 bits per heavy atom. The topological polar surface area (TPSA) is 30.7 Å². The van der Waals surface area contributed by atoms with E-state index in [1.54, 1.807) is 4.68 Å². The Hall–Kier alpha value is -1.64. The molecule has 3 heteroatoms. The Kier molecular flexibility index (Phi) is 2.54. The first-order valence-electron chi connectivity index (χ1n) is 5.13. The van der Waals surface area contributed by atoms with Crippen molar-refractivity contribution in [2.75, 3.05) is 0 Å². The minimum Gasteiger partial charge on any atom is -0.275 e. The molecule has 2 heterocycles. The van der Waals surface area contributed by atoms with Crippen molar-refractivity contribution in [1.82, 2.24) is 14.8 Å². The summed E-state index contributed by atoms with van der Waals surface area (Å²) in [6, 6.07) is 6.13. The summed E-state index contributed by atoms with van der Waals surface area (Å²) < 4.78 is 1.80. The molecule has 15 heavy (non-hydrogen) atoms. The molecule has 0 atom stereocenters. The molecule has 0 saturated carbocycles. The van der Waals surface area contributed by atoms with Gasteiger partial charge in [0, 0.05) is 30.7 Å². The molecule has 2 aromatic rings. The van der Waals surface area contributed by atoms with Crippen molar-refractivity contribution >= 4 is 0 Å². The van der Waals surface area contributed by atoms with Crippen LogP contribution in [0.15, 0.2) is 30.6 Å². The minimum atomic E-state index is 0.475. The first-order chi connectivity index (χ1) is 7.16. The molecule has 0 radical (unpaired) electrons. The summed E-state index contributed by atoms with van der Waals surface area (Å²) in [5, 5.41) is 4.33. The van der Waals surface area contributed by atoms with E-state index < -0.39 is 0 Å². The van der Waals surface area contributed by atoms with Crippen molar-refractivity contribution in [3.8, 4) is 11.3 Å². The van der Waals surface area contributed by atoms with Crippen molar-refractivity contribution in [2.45, 2.75) is 19.8 Å². The van der Waals surface area contributed by atoms with E-state index >= 15 is 0 Å². The molecular weight excluding hydrogens is 186 g/mol. The Labute approximate surface area is 89.8 Å². The quantitative estimate of drug-likeness (QED) is 0.747. The third-order valence-electron chi connectivity index (χ3n) is 2.39. The molecule has 0 unspecified atom stereocenters. The van der Waals surface area contributed by atoms with Gasteiger partial charge in [-0.25, -0.2) is 0 Å². The zero-order valence-electron chi connectivity index (χ0n) is 9.31. The predicted molar refractivity (Wildman–Crippen MR) is 60.5 cm³/mol. The molecule has 0 aliphatic heterocycles. The lowest BCUT2D eigenvalue weighted by atomic mass is 10.1. The fraction of sp³-hybridized carbons (Fsp3) is 0.333. The van der Waals surface area contributed by atoms with E-state index in [1.165, 1.54) is 0 Å². The van der Waals surface area contributed by atoms with Crippen molar-refractivity contribution in [2.24, 2.45) is 7.05 Å². The van der Waals surface area contributed by atoms with Gasteiger partial charge in [-0.05, 0) is 24.1 Å². The van der Waals surface area contributed by atoms with E-state index in [1.807, 2.05) is 25.5 Å². The molecule has 0 aliphatic carbocycles. The standard InChI is InChI=1S/C12H15N3/c1-9(2)11-5-4-10(8-13-11)12-6-7-15(3)14-12/h4-9H,1-3H3. The van der Waals surface area contributed by atoms with Crippen LogP contribution >= 0.6 is 0 Å². The Balaban J connectivity index is 2.31. The van der Waals surface area contributed by atoms with Gasteiger partial charge in [0.15, 0.2) is 0 Å². The van der Waals surface area contributed by atoms with Crippen molar-refractivity contribution < 1.29 is 0 Å². The summed E-state index contributed by atoms with van der Waals surface area (Å²) in [6.45, 7) is 4.28. The van der Waals surface area contributed by atoms with Crippen LogP contribution in [-0.2, 0) is 7.05 Å². The fourth-order valence-corrected chi connectivity index (χ4v) is 1.47. The normalized spacial score (nSPS) is 10.9. The number of pyridine rings is 1. The second kappa shape index (κ2) is 3.85. The number of hydrogen-bond donors (Lipinski definition) is 0. The van der Waals surface area contributed by atoms with Crippen LogP contribution in [0.4, 0.5) is 0 Å². The van der Waals surface area contributed by atoms with Gasteiger partial charge in [-0.3, -0.25) is 9.67 Å². The van der Waals surface area contributed by atoms with E-state index in [0.29, 0.717) is 5.92 Å². The van der Waals surface area contributed by atoms with Crippen LogP contribution in [0.1, 0.15) is 25.5 Å². The maximum Gasteiger partial charge on any atom is 0.0938 e. The Morgan fingerprint density at radius 2 is 2.00 bits per heavy atom. The Morgan fingerprint density at radius 3 is 2.47 bits per heavy atom. The third-order valence-corrected chi connectivity index (χ3v) is 2.39. The highest BCUT2D eigenvalue weighted by Gasteiger charge is 2.03. The molecule has 3 nitrogen and oxygen atoms in total. The van der Waals surface area contributed by atoms with Gasteiger partial charge in [0.2, 0.25) is 0 Å². The number of nitrogens with zero attached hydrogens (tertiary/aromatic N) is 3. The average Bonchev–Trinajstić information content (AvgIpc) is 2.65. The largest absolute Gasteiger partial charge is 0.275 e. The highest BCUT2D eigenvalue weighted by atomic mass is 15.2. The molecule has 0 fully saturated rings.